The number of nitrogens with zero attached hydrogens (tertiary/aromatic N) is 2. The first kappa shape index (κ1) is 17.8. The maximum atomic E-state index is 9.58. The van der Waals surface area contributed by atoms with Crippen LogP contribution >= 0.6 is 11.6 Å². The maximum Gasteiger partial charge on any atom is 0.139 e. The maximum absolute atomic E-state index is 9.58. The van der Waals surface area contributed by atoms with E-state index in [-0.39, 0.29) is 0 Å². The van der Waals surface area contributed by atoms with Crippen LogP contribution in [0, 0.1) is 11.3 Å². The van der Waals surface area contributed by atoms with Gasteiger partial charge in [0.25, 0.3) is 0 Å². The zero-order chi connectivity index (χ0) is 19.3. The van der Waals surface area contributed by atoms with E-state index in [0.29, 0.717) is 40.0 Å². The molecule has 0 aliphatic heterocycles. The molecule has 0 N–H and O–H groups in total. The number of benzene rings is 3. The normalized spacial score (nSPS) is 10.4. The van der Waals surface area contributed by atoms with E-state index in [1.165, 1.54) is 0 Å². The minimum atomic E-state index is 0.375. The van der Waals surface area contributed by atoms with E-state index in [9.17, 15) is 5.26 Å². The number of pyridine rings is 1. The quantitative estimate of drug-likeness (QED) is 0.414. The van der Waals surface area contributed by atoms with Crippen LogP contribution in [0.5, 0.6) is 17.2 Å². The van der Waals surface area contributed by atoms with Crippen LogP contribution in [0.15, 0.2) is 79.0 Å². The molecule has 0 amide bonds. The minimum Gasteiger partial charge on any atom is -0.487 e. The molecule has 136 valence electrons. The van der Waals surface area contributed by atoms with Crippen molar-refractivity contribution in [2.24, 2.45) is 0 Å². The predicted octanol–water partition coefficient (Wildman–Crippen LogP) is 6.13. The second-order valence-corrected chi connectivity index (χ2v) is 6.56. The van der Waals surface area contributed by atoms with Crippen LogP contribution in [0.1, 0.15) is 11.1 Å². The van der Waals surface area contributed by atoms with Crippen LogP contribution in [0.25, 0.3) is 10.9 Å². The first-order chi connectivity index (χ1) is 13.7. The summed E-state index contributed by atoms with van der Waals surface area (Å²) in [4.78, 5) is 4.40. The fourth-order valence-corrected chi connectivity index (χ4v) is 3.02. The standard InChI is InChI=1S/C23H15ClN2O2/c24-18-7-4-8-19(12-18)28-22-9-10-26-21-13-23(17(14-25)11-20(21)22)27-15-16-5-2-1-3-6-16/h1-13H,15H2. The second-order valence-electron chi connectivity index (χ2n) is 6.12. The van der Waals surface area contributed by atoms with Gasteiger partial charge < -0.3 is 9.47 Å². The van der Waals surface area contributed by atoms with Crippen molar-refractivity contribution in [3.8, 4) is 23.3 Å². The summed E-state index contributed by atoms with van der Waals surface area (Å²) in [5, 5.41) is 10.9. The third kappa shape index (κ3) is 3.90. The SMILES string of the molecule is N#Cc1cc2c(Oc3cccc(Cl)c3)ccnc2cc1OCc1ccccc1. The molecule has 0 unspecified atom stereocenters. The average Bonchev–Trinajstić information content (AvgIpc) is 2.72. The van der Waals surface area contributed by atoms with Crippen LogP contribution in [0.3, 0.4) is 0 Å². The van der Waals surface area contributed by atoms with Gasteiger partial charge in [-0.2, -0.15) is 5.26 Å². The fourth-order valence-electron chi connectivity index (χ4n) is 2.84. The van der Waals surface area contributed by atoms with Crippen molar-refractivity contribution < 1.29 is 9.47 Å². The van der Waals surface area contributed by atoms with Crippen molar-refractivity contribution in [2.45, 2.75) is 6.61 Å². The molecule has 1 aromatic heterocycles. The van der Waals surface area contributed by atoms with Crippen LogP contribution < -0.4 is 9.47 Å². The highest BCUT2D eigenvalue weighted by Gasteiger charge is 2.12. The molecule has 0 aliphatic carbocycles. The molecule has 0 saturated heterocycles. The summed E-state index contributed by atoms with van der Waals surface area (Å²) >= 11 is 6.03. The van der Waals surface area contributed by atoms with Crippen molar-refractivity contribution in [1.82, 2.24) is 4.98 Å². The molecule has 0 atom stereocenters. The number of rotatable bonds is 5. The highest BCUT2D eigenvalue weighted by molar-refractivity contribution is 6.30. The summed E-state index contributed by atoms with van der Waals surface area (Å²) < 4.78 is 11.8. The third-order valence-corrected chi connectivity index (χ3v) is 4.42. The zero-order valence-electron chi connectivity index (χ0n) is 14.8. The monoisotopic (exact) mass is 386 g/mol. The van der Waals surface area contributed by atoms with E-state index >= 15 is 0 Å². The van der Waals surface area contributed by atoms with Gasteiger partial charge in [-0.1, -0.05) is 48.0 Å². The summed E-state index contributed by atoms with van der Waals surface area (Å²) in [6.45, 7) is 0.375. The zero-order valence-corrected chi connectivity index (χ0v) is 15.6. The molecule has 5 heteroatoms. The number of hydrogen-bond donors (Lipinski definition) is 0. The highest BCUT2D eigenvalue weighted by atomic mass is 35.5. The molecule has 0 spiro atoms. The number of aromatic nitrogens is 1. The summed E-state index contributed by atoms with van der Waals surface area (Å²) in [6.07, 6.45) is 1.66. The number of hydrogen-bond acceptors (Lipinski definition) is 4. The Kier molecular flexibility index (Phi) is 5.09. The number of nitriles is 1. The molecule has 0 fully saturated rings. The Balaban J connectivity index is 1.68. The lowest BCUT2D eigenvalue weighted by Gasteiger charge is -2.12. The van der Waals surface area contributed by atoms with E-state index in [2.05, 4.69) is 11.1 Å². The van der Waals surface area contributed by atoms with Crippen molar-refractivity contribution in [3.63, 3.8) is 0 Å². The molecular weight excluding hydrogens is 372 g/mol. The lowest BCUT2D eigenvalue weighted by molar-refractivity contribution is 0.305. The Hall–Kier alpha value is -3.55. The summed E-state index contributed by atoms with van der Waals surface area (Å²) in [5.41, 5.74) is 2.13. The lowest BCUT2D eigenvalue weighted by atomic mass is 10.1. The van der Waals surface area contributed by atoms with Gasteiger partial charge in [-0.15, -0.1) is 0 Å². The molecular formula is C23H15ClN2O2. The molecule has 0 radical (unpaired) electrons. The predicted molar refractivity (Wildman–Crippen MR) is 109 cm³/mol. The Bertz CT molecular complexity index is 1170. The van der Waals surface area contributed by atoms with Gasteiger partial charge in [0.1, 0.15) is 29.9 Å². The van der Waals surface area contributed by atoms with Crippen molar-refractivity contribution in [3.05, 3.63) is 95.1 Å². The lowest BCUT2D eigenvalue weighted by Crippen LogP contribution is -1.98. The summed E-state index contributed by atoms with van der Waals surface area (Å²) in [7, 11) is 0. The molecule has 28 heavy (non-hydrogen) atoms. The molecule has 4 nitrogen and oxygen atoms in total. The van der Waals surface area contributed by atoms with E-state index < -0.39 is 0 Å². The van der Waals surface area contributed by atoms with Gasteiger partial charge in [0.2, 0.25) is 0 Å². The van der Waals surface area contributed by atoms with Crippen LogP contribution in [0.4, 0.5) is 0 Å². The molecule has 1 heterocycles. The second kappa shape index (κ2) is 7.99. The molecule has 4 rings (SSSR count). The van der Waals surface area contributed by atoms with Crippen molar-refractivity contribution in [1.29, 1.82) is 5.26 Å². The fraction of sp³-hybridized carbons (Fsp3) is 0.0435. The van der Waals surface area contributed by atoms with E-state index in [1.54, 1.807) is 36.5 Å². The summed E-state index contributed by atoms with van der Waals surface area (Å²) in [6, 6.07) is 24.4. The van der Waals surface area contributed by atoms with Crippen LogP contribution in [-0.4, -0.2) is 4.98 Å². The Labute approximate surface area is 167 Å². The van der Waals surface area contributed by atoms with Gasteiger partial charge in [-0.3, -0.25) is 4.98 Å². The molecule has 0 saturated carbocycles. The number of ether oxygens (including phenoxy) is 2. The van der Waals surface area contributed by atoms with Crippen LogP contribution in [-0.2, 0) is 6.61 Å². The molecule has 4 aromatic rings. The summed E-state index contributed by atoms with van der Waals surface area (Å²) in [5.74, 6) is 1.70. The van der Waals surface area contributed by atoms with Crippen LogP contribution in [0.2, 0.25) is 5.02 Å². The van der Waals surface area contributed by atoms with Gasteiger partial charge in [0, 0.05) is 22.7 Å². The molecule has 0 bridgehead atoms. The Morgan fingerprint density at radius 1 is 0.929 bits per heavy atom. The Morgan fingerprint density at radius 2 is 1.79 bits per heavy atom. The highest BCUT2D eigenvalue weighted by Crippen LogP contribution is 2.33. The largest absolute Gasteiger partial charge is 0.487 e. The van der Waals surface area contributed by atoms with Gasteiger partial charge in [0.05, 0.1) is 11.1 Å². The van der Waals surface area contributed by atoms with E-state index in [0.717, 1.165) is 10.9 Å². The first-order valence-corrected chi connectivity index (χ1v) is 9.04. The number of halogens is 1. The first-order valence-electron chi connectivity index (χ1n) is 8.66. The van der Waals surface area contributed by atoms with E-state index in [4.69, 9.17) is 21.1 Å². The van der Waals surface area contributed by atoms with E-state index in [1.807, 2.05) is 42.5 Å². The van der Waals surface area contributed by atoms with Gasteiger partial charge >= 0.3 is 0 Å². The van der Waals surface area contributed by atoms with Crippen molar-refractivity contribution >= 4 is 22.5 Å². The Morgan fingerprint density at radius 3 is 2.57 bits per heavy atom. The smallest absolute Gasteiger partial charge is 0.139 e. The van der Waals surface area contributed by atoms with Gasteiger partial charge in [0.15, 0.2) is 0 Å². The topological polar surface area (TPSA) is 55.1 Å². The molecule has 0 aliphatic rings. The average molecular weight is 387 g/mol. The molecule has 3 aromatic carbocycles. The number of fused-ring (bicyclic) bond motifs is 1. The van der Waals surface area contributed by atoms with Crippen molar-refractivity contribution in [2.75, 3.05) is 0 Å². The minimum absolute atomic E-state index is 0.375. The third-order valence-electron chi connectivity index (χ3n) is 4.18. The van der Waals surface area contributed by atoms with Gasteiger partial charge in [-0.25, -0.2) is 0 Å². The van der Waals surface area contributed by atoms with Gasteiger partial charge in [-0.05, 0) is 35.9 Å².